The molecule has 3 N–H and O–H groups in total. The molecule has 0 saturated heterocycles. The molecule has 0 bridgehead atoms. The molecule has 2 unspecified atom stereocenters. The first-order valence-corrected chi connectivity index (χ1v) is 28.3. The second kappa shape index (κ2) is 53.7. The van der Waals surface area contributed by atoms with Gasteiger partial charge >= 0.3 is 5.97 Å². The molecule has 0 aliphatic carbocycles. The molecule has 0 aliphatic heterocycles. The van der Waals surface area contributed by atoms with Crippen LogP contribution in [-0.4, -0.2) is 47.4 Å². The van der Waals surface area contributed by atoms with E-state index in [1.807, 2.05) is 6.08 Å². The second-order valence-electron chi connectivity index (χ2n) is 19.3. The Morgan fingerprint density at radius 3 is 1.20 bits per heavy atom. The molecule has 0 radical (unpaired) electrons. The molecule has 0 heterocycles. The van der Waals surface area contributed by atoms with E-state index in [1.54, 1.807) is 6.08 Å². The highest BCUT2D eigenvalue weighted by Gasteiger charge is 2.18. The first-order valence-electron chi connectivity index (χ1n) is 28.3. The Morgan fingerprint density at radius 2 is 0.781 bits per heavy atom. The summed E-state index contributed by atoms with van der Waals surface area (Å²) in [6.45, 7) is 4.85. The number of rotatable bonds is 52. The van der Waals surface area contributed by atoms with Crippen molar-refractivity contribution in [2.24, 2.45) is 0 Å². The molecule has 0 fully saturated rings. The lowest BCUT2D eigenvalue weighted by molar-refractivity contribution is -0.143. The monoisotopic (exact) mass is 900 g/mol. The summed E-state index contributed by atoms with van der Waals surface area (Å²) in [6, 6.07) is -0.626. The highest BCUT2D eigenvalue weighted by molar-refractivity contribution is 5.76. The Labute approximate surface area is 398 Å². The standard InChI is InChI=1S/C58H109NO5/c1-3-5-7-9-11-13-14-15-16-26-29-32-36-40-44-48-52-58(63)64-53-49-45-41-37-33-30-27-24-22-20-18-17-19-21-23-25-28-31-35-39-43-47-51-57(62)59-55(54-60)56(61)50-46-42-38-34-12-10-8-6-4-2/h13-14,16,26,46,50,55-56,60-61H,3-12,15,17-25,27-45,47-49,51-54H2,1-2H3,(H,59,62)/b14-13-,26-16-,50-46+. The molecule has 0 spiro atoms. The quantitative estimate of drug-likeness (QED) is 0.0321. The van der Waals surface area contributed by atoms with E-state index in [0.717, 1.165) is 51.4 Å². The van der Waals surface area contributed by atoms with Crippen molar-refractivity contribution in [3.63, 3.8) is 0 Å². The molecular formula is C58H109NO5. The summed E-state index contributed by atoms with van der Waals surface area (Å²) in [7, 11) is 0. The fourth-order valence-electron chi connectivity index (χ4n) is 8.55. The summed E-state index contributed by atoms with van der Waals surface area (Å²) in [4.78, 5) is 24.4. The van der Waals surface area contributed by atoms with Crippen molar-refractivity contribution in [3.05, 3.63) is 36.5 Å². The number of nitrogens with one attached hydrogen (secondary N) is 1. The number of allylic oxidation sites excluding steroid dienone is 5. The number of carbonyl (C=O) groups excluding carboxylic acids is 2. The number of hydrogen-bond acceptors (Lipinski definition) is 5. The van der Waals surface area contributed by atoms with Gasteiger partial charge in [-0.2, -0.15) is 0 Å². The zero-order valence-corrected chi connectivity index (χ0v) is 42.8. The maximum Gasteiger partial charge on any atom is 0.305 e. The van der Waals surface area contributed by atoms with Crippen LogP contribution in [0.2, 0.25) is 0 Å². The van der Waals surface area contributed by atoms with E-state index in [-0.39, 0.29) is 18.5 Å². The Balaban J connectivity index is 3.37. The van der Waals surface area contributed by atoms with Gasteiger partial charge in [0.25, 0.3) is 0 Å². The number of unbranched alkanes of at least 4 members (excludes halogenated alkanes) is 37. The van der Waals surface area contributed by atoms with Gasteiger partial charge in [0.05, 0.1) is 25.4 Å². The molecule has 6 nitrogen and oxygen atoms in total. The Kier molecular flexibility index (Phi) is 52.1. The van der Waals surface area contributed by atoms with Gasteiger partial charge in [0.15, 0.2) is 0 Å². The first-order chi connectivity index (χ1) is 31.5. The van der Waals surface area contributed by atoms with Crippen LogP contribution < -0.4 is 5.32 Å². The fraction of sp³-hybridized carbons (Fsp3) is 0.862. The lowest BCUT2D eigenvalue weighted by Crippen LogP contribution is -2.45. The maximum absolute atomic E-state index is 12.4. The minimum Gasteiger partial charge on any atom is -0.466 e. The van der Waals surface area contributed by atoms with Crippen LogP contribution in [0.15, 0.2) is 36.5 Å². The number of carbonyl (C=O) groups is 2. The number of esters is 1. The van der Waals surface area contributed by atoms with Gasteiger partial charge in [-0.25, -0.2) is 0 Å². The Hall–Kier alpha value is -1.92. The van der Waals surface area contributed by atoms with Gasteiger partial charge in [-0.05, 0) is 64.2 Å². The zero-order chi connectivity index (χ0) is 46.5. The third kappa shape index (κ3) is 49.5. The molecule has 0 aromatic carbocycles. The molecule has 0 aromatic rings. The van der Waals surface area contributed by atoms with Gasteiger partial charge in [0, 0.05) is 12.8 Å². The van der Waals surface area contributed by atoms with Crippen molar-refractivity contribution in [2.45, 2.75) is 309 Å². The van der Waals surface area contributed by atoms with Gasteiger partial charge in [-0.15, -0.1) is 0 Å². The van der Waals surface area contributed by atoms with Crippen molar-refractivity contribution in [3.8, 4) is 0 Å². The van der Waals surface area contributed by atoms with Crippen LogP contribution in [0.4, 0.5) is 0 Å². The van der Waals surface area contributed by atoms with E-state index in [2.05, 4.69) is 43.5 Å². The number of aliphatic hydroxyl groups is 2. The summed E-state index contributed by atoms with van der Waals surface area (Å²) >= 11 is 0. The average molecular weight is 901 g/mol. The zero-order valence-electron chi connectivity index (χ0n) is 42.8. The number of aliphatic hydroxyl groups excluding tert-OH is 2. The SMILES string of the molecule is CCCCCC/C=C\C/C=C\CCCCCCCC(=O)OCCCCCCCCCCCCCCCCCCCCCCCCC(=O)NC(CO)C(O)/C=C/CCCCCCCCC. The van der Waals surface area contributed by atoms with Crippen molar-refractivity contribution < 1.29 is 24.5 Å². The number of ether oxygens (including phenoxy) is 1. The minimum atomic E-state index is -0.842. The highest BCUT2D eigenvalue weighted by Crippen LogP contribution is 2.17. The summed E-state index contributed by atoms with van der Waals surface area (Å²) < 4.78 is 5.48. The molecule has 0 rings (SSSR count). The smallest absolute Gasteiger partial charge is 0.305 e. The Bertz CT molecular complexity index is 1040. The fourth-order valence-corrected chi connectivity index (χ4v) is 8.55. The van der Waals surface area contributed by atoms with Crippen molar-refractivity contribution >= 4 is 11.9 Å². The van der Waals surface area contributed by atoms with E-state index < -0.39 is 12.1 Å². The largest absolute Gasteiger partial charge is 0.466 e. The lowest BCUT2D eigenvalue weighted by atomic mass is 10.0. The molecule has 64 heavy (non-hydrogen) atoms. The van der Waals surface area contributed by atoms with Crippen LogP contribution in [0.3, 0.4) is 0 Å². The normalized spacial score (nSPS) is 12.9. The summed E-state index contributed by atoms with van der Waals surface area (Å²) in [5.74, 6) is -0.0725. The van der Waals surface area contributed by atoms with Crippen LogP contribution in [-0.2, 0) is 14.3 Å². The van der Waals surface area contributed by atoms with Crippen LogP contribution in [0.25, 0.3) is 0 Å². The van der Waals surface area contributed by atoms with E-state index in [4.69, 9.17) is 4.74 Å². The summed E-state index contributed by atoms with van der Waals surface area (Å²) in [5, 5.41) is 22.9. The molecule has 376 valence electrons. The van der Waals surface area contributed by atoms with Crippen molar-refractivity contribution in [1.82, 2.24) is 5.32 Å². The highest BCUT2D eigenvalue weighted by atomic mass is 16.5. The van der Waals surface area contributed by atoms with E-state index in [9.17, 15) is 19.8 Å². The van der Waals surface area contributed by atoms with Gasteiger partial charge in [0.1, 0.15) is 0 Å². The molecule has 0 aliphatic rings. The first kappa shape index (κ1) is 62.1. The average Bonchev–Trinajstić information content (AvgIpc) is 3.29. The number of amides is 1. The molecule has 1 amide bonds. The summed E-state index contributed by atoms with van der Waals surface area (Å²) in [5.41, 5.74) is 0. The third-order valence-electron chi connectivity index (χ3n) is 12.9. The van der Waals surface area contributed by atoms with Crippen LogP contribution in [0, 0.1) is 0 Å². The van der Waals surface area contributed by atoms with E-state index in [1.165, 1.54) is 218 Å². The molecule has 6 heteroatoms. The predicted molar refractivity (Wildman–Crippen MR) is 278 cm³/mol. The third-order valence-corrected chi connectivity index (χ3v) is 12.9. The van der Waals surface area contributed by atoms with Gasteiger partial charge in [-0.1, -0.05) is 256 Å². The Morgan fingerprint density at radius 1 is 0.438 bits per heavy atom. The minimum absolute atomic E-state index is 0.00130. The molecular weight excluding hydrogens is 791 g/mol. The van der Waals surface area contributed by atoms with Crippen molar-refractivity contribution in [2.75, 3.05) is 13.2 Å². The second-order valence-corrected chi connectivity index (χ2v) is 19.3. The molecule has 2 atom stereocenters. The molecule has 0 aromatic heterocycles. The van der Waals surface area contributed by atoms with E-state index in [0.29, 0.717) is 19.4 Å². The van der Waals surface area contributed by atoms with E-state index >= 15 is 0 Å². The van der Waals surface area contributed by atoms with Crippen molar-refractivity contribution in [1.29, 1.82) is 0 Å². The van der Waals surface area contributed by atoms with Gasteiger partial charge < -0.3 is 20.3 Å². The maximum atomic E-state index is 12.4. The predicted octanol–water partition coefficient (Wildman–Crippen LogP) is 17.2. The molecule has 0 saturated carbocycles. The topological polar surface area (TPSA) is 95.9 Å². The number of hydrogen-bond donors (Lipinski definition) is 3. The van der Waals surface area contributed by atoms with Crippen LogP contribution >= 0.6 is 0 Å². The van der Waals surface area contributed by atoms with Crippen LogP contribution in [0.5, 0.6) is 0 Å². The van der Waals surface area contributed by atoms with Crippen LogP contribution in [0.1, 0.15) is 296 Å². The lowest BCUT2D eigenvalue weighted by Gasteiger charge is -2.20. The van der Waals surface area contributed by atoms with Gasteiger partial charge in [-0.3, -0.25) is 9.59 Å². The summed E-state index contributed by atoms with van der Waals surface area (Å²) in [6.07, 6.45) is 66.0. The van der Waals surface area contributed by atoms with Gasteiger partial charge in [0.2, 0.25) is 5.91 Å².